The molecule has 1 saturated carbocycles. The Bertz CT molecular complexity index is 368. The zero-order valence-corrected chi connectivity index (χ0v) is 10.8. The molecule has 1 aliphatic carbocycles. The lowest BCUT2D eigenvalue weighted by Crippen LogP contribution is -2.44. The average Bonchev–Trinajstić information content (AvgIpc) is 3.01. The third-order valence-corrected chi connectivity index (χ3v) is 4.01. The van der Waals surface area contributed by atoms with Crippen molar-refractivity contribution in [3.05, 3.63) is 11.1 Å². The highest BCUT2D eigenvalue weighted by Crippen LogP contribution is 2.29. The second-order valence-electron chi connectivity index (χ2n) is 4.38. The van der Waals surface area contributed by atoms with Gasteiger partial charge in [0.1, 0.15) is 0 Å². The highest BCUT2D eigenvalue weighted by Gasteiger charge is 2.34. The van der Waals surface area contributed by atoms with Gasteiger partial charge in [0.05, 0.1) is 0 Å². The molecule has 5 nitrogen and oxygen atoms in total. The molecule has 1 fully saturated rings. The third-order valence-electron chi connectivity index (χ3n) is 3.50. The molecule has 2 atom stereocenters. The van der Waals surface area contributed by atoms with Gasteiger partial charge in [0.2, 0.25) is 0 Å². The maximum atomic E-state index is 12.3. The molecule has 0 radical (unpaired) electrons. The Balaban J connectivity index is 2.13. The molecule has 6 heteroatoms. The summed E-state index contributed by atoms with van der Waals surface area (Å²) in [4.78, 5) is 14.2. The molecule has 1 aromatic rings. The second kappa shape index (κ2) is 5.55. The Morgan fingerprint density at radius 1 is 1.65 bits per heavy atom. The van der Waals surface area contributed by atoms with E-state index < -0.39 is 0 Å². The van der Waals surface area contributed by atoms with E-state index >= 15 is 0 Å². The fourth-order valence-electron chi connectivity index (χ4n) is 2.64. The minimum Gasteiger partial charge on any atom is -0.334 e. The first kappa shape index (κ1) is 12.4. The Morgan fingerprint density at radius 2 is 2.47 bits per heavy atom. The molecule has 0 saturated heterocycles. The monoisotopic (exact) mass is 254 g/mol. The third kappa shape index (κ3) is 2.47. The molecule has 2 unspecified atom stereocenters. The summed E-state index contributed by atoms with van der Waals surface area (Å²) in [6, 6.07) is 0.277. The van der Waals surface area contributed by atoms with Gasteiger partial charge in [0.25, 0.3) is 5.91 Å². The van der Waals surface area contributed by atoms with E-state index in [1.54, 1.807) is 5.38 Å². The number of carbonyl (C=O) groups excluding carboxylic acids is 1. The number of hydrogen-bond acceptors (Lipinski definition) is 5. The van der Waals surface area contributed by atoms with Gasteiger partial charge in [-0.15, -0.1) is 5.10 Å². The van der Waals surface area contributed by atoms with Gasteiger partial charge in [-0.3, -0.25) is 4.79 Å². The van der Waals surface area contributed by atoms with Crippen molar-refractivity contribution in [2.75, 3.05) is 13.1 Å². The molecule has 0 bridgehead atoms. The van der Waals surface area contributed by atoms with Crippen LogP contribution in [0, 0.1) is 5.92 Å². The van der Waals surface area contributed by atoms with Crippen LogP contribution in [-0.4, -0.2) is 39.5 Å². The van der Waals surface area contributed by atoms with E-state index in [9.17, 15) is 4.79 Å². The molecule has 0 aromatic carbocycles. The van der Waals surface area contributed by atoms with Gasteiger partial charge in [-0.2, -0.15) is 0 Å². The minimum absolute atomic E-state index is 0.00778. The van der Waals surface area contributed by atoms with Crippen LogP contribution in [0.5, 0.6) is 0 Å². The van der Waals surface area contributed by atoms with Crippen LogP contribution in [0.25, 0.3) is 0 Å². The van der Waals surface area contributed by atoms with Crippen LogP contribution in [0.3, 0.4) is 0 Å². The number of nitrogens with two attached hydrogens (primary N) is 1. The lowest BCUT2D eigenvalue weighted by molar-refractivity contribution is 0.0646. The van der Waals surface area contributed by atoms with Crippen molar-refractivity contribution in [3.8, 4) is 0 Å². The molecule has 1 amide bonds. The minimum atomic E-state index is -0.00778. The number of carbonyl (C=O) groups is 1. The van der Waals surface area contributed by atoms with Gasteiger partial charge in [-0.25, -0.2) is 0 Å². The first-order valence-electron chi connectivity index (χ1n) is 6.06. The SMILES string of the molecule is CCN(C(=O)c1csnn1)C1CCCC1CN. The number of rotatable bonds is 4. The van der Waals surface area contributed by atoms with Crippen molar-refractivity contribution in [3.63, 3.8) is 0 Å². The number of amides is 1. The van der Waals surface area contributed by atoms with Crippen LogP contribution < -0.4 is 5.73 Å². The maximum Gasteiger partial charge on any atom is 0.275 e. The zero-order valence-electron chi connectivity index (χ0n) is 10.0. The molecule has 1 aliphatic rings. The summed E-state index contributed by atoms with van der Waals surface area (Å²) in [6.07, 6.45) is 3.34. The molecule has 1 aromatic heterocycles. The molecule has 2 rings (SSSR count). The first-order valence-corrected chi connectivity index (χ1v) is 6.89. The predicted molar refractivity (Wildman–Crippen MR) is 66.8 cm³/mol. The van der Waals surface area contributed by atoms with Crippen LogP contribution >= 0.6 is 11.5 Å². The molecular formula is C11H18N4OS. The summed E-state index contributed by atoms with van der Waals surface area (Å²) >= 11 is 1.21. The summed E-state index contributed by atoms with van der Waals surface area (Å²) in [5.74, 6) is 0.428. The quantitative estimate of drug-likeness (QED) is 0.874. The summed E-state index contributed by atoms with van der Waals surface area (Å²) in [6.45, 7) is 3.37. The van der Waals surface area contributed by atoms with Crippen molar-refractivity contribution in [1.82, 2.24) is 14.5 Å². The largest absolute Gasteiger partial charge is 0.334 e. The lowest BCUT2D eigenvalue weighted by atomic mass is 10.0. The fourth-order valence-corrected chi connectivity index (χ4v) is 3.07. The number of aromatic nitrogens is 2. The van der Waals surface area contributed by atoms with Crippen molar-refractivity contribution < 1.29 is 4.79 Å². The van der Waals surface area contributed by atoms with Crippen LogP contribution in [0.2, 0.25) is 0 Å². The Hall–Kier alpha value is -1.01. The van der Waals surface area contributed by atoms with E-state index in [0.29, 0.717) is 24.7 Å². The van der Waals surface area contributed by atoms with Gasteiger partial charge in [-0.1, -0.05) is 10.9 Å². The predicted octanol–water partition coefficient (Wildman–Crippen LogP) is 1.13. The lowest BCUT2D eigenvalue weighted by Gasteiger charge is -2.31. The molecule has 1 heterocycles. The van der Waals surface area contributed by atoms with Crippen LogP contribution in [0.15, 0.2) is 5.38 Å². The van der Waals surface area contributed by atoms with E-state index in [1.807, 2.05) is 11.8 Å². The highest BCUT2D eigenvalue weighted by atomic mass is 32.1. The van der Waals surface area contributed by atoms with E-state index in [4.69, 9.17) is 5.73 Å². The highest BCUT2D eigenvalue weighted by molar-refractivity contribution is 7.03. The van der Waals surface area contributed by atoms with Crippen molar-refractivity contribution in [2.24, 2.45) is 11.7 Å². The smallest absolute Gasteiger partial charge is 0.275 e. The van der Waals surface area contributed by atoms with Gasteiger partial charge in [-0.05, 0) is 43.8 Å². The van der Waals surface area contributed by atoms with Crippen LogP contribution in [-0.2, 0) is 0 Å². The maximum absolute atomic E-state index is 12.3. The van der Waals surface area contributed by atoms with E-state index in [0.717, 1.165) is 19.3 Å². The van der Waals surface area contributed by atoms with Crippen molar-refractivity contribution in [1.29, 1.82) is 0 Å². The van der Waals surface area contributed by atoms with Gasteiger partial charge < -0.3 is 10.6 Å². The number of hydrogen-bond donors (Lipinski definition) is 1. The molecule has 17 heavy (non-hydrogen) atoms. The Morgan fingerprint density at radius 3 is 3.06 bits per heavy atom. The summed E-state index contributed by atoms with van der Waals surface area (Å²) in [7, 11) is 0. The van der Waals surface area contributed by atoms with E-state index in [1.165, 1.54) is 11.5 Å². The summed E-state index contributed by atoms with van der Waals surface area (Å²) in [5, 5.41) is 5.56. The van der Waals surface area contributed by atoms with Crippen molar-refractivity contribution >= 4 is 17.4 Å². The van der Waals surface area contributed by atoms with Crippen LogP contribution in [0.1, 0.15) is 36.7 Å². The molecule has 0 spiro atoms. The van der Waals surface area contributed by atoms with Gasteiger partial charge in [0, 0.05) is 18.0 Å². The molecule has 2 N–H and O–H groups in total. The zero-order chi connectivity index (χ0) is 12.3. The average molecular weight is 254 g/mol. The number of nitrogens with zero attached hydrogens (tertiary/aromatic N) is 3. The van der Waals surface area contributed by atoms with E-state index in [2.05, 4.69) is 9.59 Å². The first-order chi connectivity index (χ1) is 8.27. The summed E-state index contributed by atoms with van der Waals surface area (Å²) in [5.41, 5.74) is 6.23. The molecule has 94 valence electrons. The topological polar surface area (TPSA) is 72.1 Å². The second-order valence-corrected chi connectivity index (χ2v) is 4.99. The van der Waals surface area contributed by atoms with E-state index in [-0.39, 0.29) is 11.9 Å². The molecule has 0 aliphatic heterocycles. The van der Waals surface area contributed by atoms with Gasteiger partial charge in [0.15, 0.2) is 5.69 Å². The van der Waals surface area contributed by atoms with Crippen molar-refractivity contribution in [2.45, 2.75) is 32.2 Å². The summed E-state index contributed by atoms with van der Waals surface area (Å²) < 4.78 is 3.75. The fraction of sp³-hybridized carbons (Fsp3) is 0.727. The normalized spacial score (nSPS) is 23.9. The standard InChI is InChI=1S/C11H18N4OS/c1-2-15(10-5-3-4-8(10)6-12)11(16)9-7-17-14-13-9/h7-8,10H,2-6,12H2,1H3. The van der Waals surface area contributed by atoms with Crippen LogP contribution in [0.4, 0.5) is 0 Å². The Kier molecular flexibility index (Phi) is 4.06. The molecular weight excluding hydrogens is 236 g/mol. The Labute approximate surface area is 105 Å². The van der Waals surface area contributed by atoms with Gasteiger partial charge >= 0.3 is 0 Å².